The molecular formula is C25H23Br2NO6. The van der Waals surface area contributed by atoms with Gasteiger partial charge in [-0.05, 0) is 68.5 Å². The second-order valence-electron chi connectivity index (χ2n) is 7.66. The van der Waals surface area contributed by atoms with Crippen molar-refractivity contribution in [1.29, 1.82) is 0 Å². The van der Waals surface area contributed by atoms with Crippen molar-refractivity contribution in [3.63, 3.8) is 0 Å². The van der Waals surface area contributed by atoms with Crippen molar-refractivity contribution < 1.29 is 29.0 Å². The number of carbonyl (C=O) groups is 3. The number of allylic oxidation sites excluding steroid dienone is 2. The van der Waals surface area contributed by atoms with Gasteiger partial charge in [0.1, 0.15) is 5.75 Å². The lowest BCUT2D eigenvalue weighted by molar-refractivity contribution is -0.121. The standard InChI is InChI=1S/C25H23Br2NO6/c1-13-17(22(31)25(34-3)24(33-2)21(13)30)10-15-6-4-14(5-7-15)8-9-20(29)28-16-11-18(26)23(32)19(27)12-16/h4-7,11-12,32H,8-10H2,1-3H3,(H,28,29). The number of Topliss-reactive ketones (excluding diaryl/α,β-unsaturated/α-hetero) is 2. The topological polar surface area (TPSA) is 102 Å². The smallest absolute Gasteiger partial charge is 0.228 e. The number of benzene rings is 2. The minimum Gasteiger partial charge on any atom is -0.506 e. The Balaban J connectivity index is 1.62. The Morgan fingerprint density at radius 1 is 0.941 bits per heavy atom. The number of rotatable bonds is 8. The second kappa shape index (κ2) is 11.0. The van der Waals surface area contributed by atoms with Crippen LogP contribution in [-0.2, 0) is 36.7 Å². The summed E-state index contributed by atoms with van der Waals surface area (Å²) in [6.45, 7) is 1.61. The average Bonchev–Trinajstić information content (AvgIpc) is 2.81. The van der Waals surface area contributed by atoms with Gasteiger partial charge in [-0.1, -0.05) is 24.3 Å². The molecule has 2 N–H and O–H groups in total. The van der Waals surface area contributed by atoms with Crippen LogP contribution in [0.4, 0.5) is 5.69 Å². The number of ether oxygens (including phenoxy) is 2. The molecule has 0 spiro atoms. The van der Waals surface area contributed by atoms with Gasteiger partial charge in [-0.3, -0.25) is 14.4 Å². The number of aromatic hydroxyl groups is 1. The zero-order chi connectivity index (χ0) is 25.0. The van der Waals surface area contributed by atoms with Crippen LogP contribution in [0, 0.1) is 0 Å². The lowest BCUT2D eigenvalue weighted by Crippen LogP contribution is -2.26. The summed E-state index contributed by atoms with van der Waals surface area (Å²) in [5.41, 5.74) is 3.10. The number of nitrogens with one attached hydrogen (secondary N) is 1. The highest BCUT2D eigenvalue weighted by Crippen LogP contribution is 2.35. The Morgan fingerprint density at radius 2 is 1.47 bits per heavy atom. The molecule has 0 atom stereocenters. The van der Waals surface area contributed by atoms with E-state index in [1.165, 1.54) is 14.2 Å². The quantitative estimate of drug-likeness (QED) is 0.330. The SMILES string of the molecule is COC1=C(OC)C(=O)C(Cc2ccc(CCC(=O)Nc3cc(Br)c(O)c(Br)c3)cc2)=C(C)C1=O. The van der Waals surface area contributed by atoms with E-state index in [-0.39, 0.29) is 47.6 Å². The molecule has 34 heavy (non-hydrogen) atoms. The summed E-state index contributed by atoms with van der Waals surface area (Å²) in [4.78, 5) is 37.7. The molecule has 0 fully saturated rings. The van der Waals surface area contributed by atoms with Crippen LogP contribution in [-0.4, -0.2) is 36.8 Å². The molecule has 0 aromatic heterocycles. The molecule has 2 aromatic carbocycles. The van der Waals surface area contributed by atoms with Crippen LogP contribution in [0.3, 0.4) is 0 Å². The number of phenols is 1. The van der Waals surface area contributed by atoms with Gasteiger partial charge in [0.05, 0.1) is 23.2 Å². The fraction of sp³-hybridized carbons (Fsp3) is 0.240. The van der Waals surface area contributed by atoms with E-state index in [1.807, 2.05) is 24.3 Å². The summed E-state index contributed by atoms with van der Waals surface area (Å²) in [6.07, 6.45) is 1.08. The van der Waals surface area contributed by atoms with E-state index in [9.17, 15) is 19.5 Å². The second-order valence-corrected chi connectivity index (χ2v) is 9.37. The Kier molecular flexibility index (Phi) is 8.33. The molecule has 1 amide bonds. The molecule has 7 nitrogen and oxygen atoms in total. The van der Waals surface area contributed by atoms with Crippen LogP contribution >= 0.6 is 31.9 Å². The summed E-state index contributed by atoms with van der Waals surface area (Å²) in [7, 11) is 2.67. The number of carbonyl (C=O) groups excluding carboxylic acids is 3. The molecular weight excluding hydrogens is 570 g/mol. The summed E-state index contributed by atoms with van der Waals surface area (Å²) < 4.78 is 11.1. The number of amides is 1. The molecule has 1 aliphatic carbocycles. The first-order chi connectivity index (χ1) is 16.2. The lowest BCUT2D eigenvalue weighted by atomic mass is 9.88. The number of halogens is 2. The van der Waals surface area contributed by atoms with Crippen LogP contribution in [0.25, 0.3) is 0 Å². The van der Waals surface area contributed by atoms with Gasteiger partial charge in [-0.2, -0.15) is 0 Å². The largest absolute Gasteiger partial charge is 0.506 e. The van der Waals surface area contributed by atoms with Crippen LogP contribution in [0.5, 0.6) is 5.75 Å². The summed E-state index contributed by atoms with van der Waals surface area (Å²) in [6, 6.07) is 10.8. The number of aryl methyl sites for hydroxylation is 1. The number of anilines is 1. The van der Waals surface area contributed by atoms with E-state index in [4.69, 9.17) is 9.47 Å². The van der Waals surface area contributed by atoms with Gasteiger partial charge in [-0.15, -0.1) is 0 Å². The Morgan fingerprint density at radius 3 is 2.03 bits per heavy atom. The zero-order valence-electron chi connectivity index (χ0n) is 18.8. The fourth-order valence-electron chi connectivity index (χ4n) is 3.55. The van der Waals surface area contributed by atoms with E-state index in [1.54, 1.807) is 19.1 Å². The molecule has 0 aliphatic heterocycles. The summed E-state index contributed by atoms with van der Waals surface area (Å²) >= 11 is 6.48. The van der Waals surface area contributed by atoms with Crippen LogP contribution in [0.1, 0.15) is 24.5 Å². The van der Waals surface area contributed by atoms with E-state index in [0.717, 1.165) is 11.1 Å². The van der Waals surface area contributed by atoms with Crippen molar-refractivity contribution in [3.8, 4) is 5.75 Å². The maximum atomic E-state index is 12.8. The van der Waals surface area contributed by atoms with Gasteiger partial charge in [0.2, 0.25) is 29.0 Å². The number of ketones is 2. The van der Waals surface area contributed by atoms with Crippen LogP contribution in [0.15, 0.2) is 68.0 Å². The monoisotopic (exact) mass is 591 g/mol. The van der Waals surface area contributed by atoms with Gasteiger partial charge in [0.15, 0.2) is 0 Å². The first kappa shape index (κ1) is 25.7. The molecule has 9 heteroatoms. The van der Waals surface area contributed by atoms with Gasteiger partial charge < -0.3 is 19.9 Å². The van der Waals surface area contributed by atoms with Gasteiger partial charge in [0.25, 0.3) is 0 Å². The van der Waals surface area contributed by atoms with Crippen LogP contribution in [0.2, 0.25) is 0 Å². The van der Waals surface area contributed by atoms with Crippen molar-refractivity contribution in [2.24, 2.45) is 0 Å². The highest BCUT2D eigenvalue weighted by molar-refractivity contribution is 9.11. The molecule has 0 bridgehead atoms. The van der Waals surface area contributed by atoms with Crippen molar-refractivity contribution in [1.82, 2.24) is 0 Å². The summed E-state index contributed by atoms with van der Waals surface area (Å²) in [5, 5.41) is 12.6. The third-order valence-corrected chi connectivity index (χ3v) is 6.65. The van der Waals surface area contributed by atoms with E-state index >= 15 is 0 Å². The highest BCUT2D eigenvalue weighted by atomic mass is 79.9. The fourth-order valence-corrected chi connectivity index (χ4v) is 4.74. The zero-order valence-corrected chi connectivity index (χ0v) is 22.0. The van der Waals surface area contributed by atoms with Gasteiger partial charge in [0, 0.05) is 29.7 Å². The average molecular weight is 593 g/mol. The predicted octanol–water partition coefficient (Wildman–Crippen LogP) is 5.00. The van der Waals surface area contributed by atoms with E-state index in [0.29, 0.717) is 32.2 Å². The highest BCUT2D eigenvalue weighted by Gasteiger charge is 2.34. The summed E-state index contributed by atoms with van der Waals surface area (Å²) in [5.74, 6) is -0.961. The number of hydrogen-bond acceptors (Lipinski definition) is 6. The van der Waals surface area contributed by atoms with Crippen molar-refractivity contribution in [3.05, 3.63) is 79.1 Å². The molecule has 1 aliphatic rings. The number of phenolic OH excluding ortho intramolecular Hbond substituents is 1. The molecule has 3 rings (SSSR count). The lowest BCUT2D eigenvalue weighted by Gasteiger charge is -2.20. The molecule has 178 valence electrons. The Hall–Kier alpha value is -2.91. The van der Waals surface area contributed by atoms with Crippen molar-refractivity contribution in [2.75, 3.05) is 19.5 Å². The third-order valence-electron chi connectivity index (χ3n) is 5.44. The van der Waals surface area contributed by atoms with Gasteiger partial charge >= 0.3 is 0 Å². The maximum Gasteiger partial charge on any atom is 0.228 e. The Bertz CT molecular complexity index is 1190. The third kappa shape index (κ3) is 5.59. The first-order valence-corrected chi connectivity index (χ1v) is 11.9. The first-order valence-electron chi connectivity index (χ1n) is 10.3. The molecule has 0 radical (unpaired) electrons. The number of methoxy groups -OCH3 is 2. The molecule has 0 heterocycles. The van der Waals surface area contributed by atoms with Crippen LogP contribution < -0.4 is 5.32 Å². The molecule has 0 saturated heterocycles. The predicted molar refractivity (Wildman–Crippen MR) is 134 cm³/mol. The minimum atomic E-state index is -0.357. The van der Waals surface area contributed by atoms with E-state index in [2.05, 4.69) is 37.2 Å². The Labute approximate surface area is 214 Å². The minimum absolute atomic E-state index is 0.0666. The maximum absolute atomic E-state index is 12.8. The van der Waals surface area contributed by atoms with E-state index < -0.39 is 0 Å². The number of hydrogen-bond donors (Lipinski definition) is 2. The molecule has 0 unspecified atom stereocenters. The van der Waals surface area contributed by atoms with Crippen molar-refractivity contribution in [2.45, 2.75) is 26.2 Å². The van der Waals surface area contributed by atoms with Crippen molar-refractivity contribution >= 4 is 55.0 Å². The van der Waals surface area contributed by atoms with Gasteiger partial charge in [-0.25, -0.2) is 0 Å². The molecule has 2 aromatic rings. The normalized spacial score (nSPS) is 13.9. The molecule has 0 saturated carbocycles.